The summed E-state index contributed by atoms with van der Waals surface area (Å²) in [7, 11) is 1.64. The van der Waals surface area contributed by atoms with Crippen molar-refractivity contribution in [1.29, 1.82) is 0 Å². The van der Waals surface area contributed by atoms with Gasteiger partial charge in [0.25, 0.3) is 5.56 Å². The van der Waals surface area contributed by atoms with Crippen LogP contribution in [0.5, 0.6) is 5.75 Å². The number of hydrogen-bond donors (Lipinski definition) is 0. The van der Waals surface area contributed by atoms with Crippen LogP contribution in [0.1, 0.15) is 12.5 Å². The number of fused-ring (bicyclic) bond motifs is 4. The van der Waals surface area contributed by atoms with Crippen molar-refractivity contribution < 1.29 is 4.74 Å². The van der Waals surface area contributed by atoms with Crippen LogP contribution in [-0.2, 0) is 0 Å². The van der Waals surface area contributed by atoms with Crippen LogP contribution in [-0.4, -0.2) is 21.6 Å². The predicted octanol–water partition coefficient (Wildman–Crippen LogP) is 2.28. The molecule has 4 aromatic rings. The van der Waals surface area contributed by atoms with Crippen molar-refractivity contribution in [2.24, 2.45) is 0 Å². The lowest BCUT2D eigenvalue weighted by atomic mass is 10.1. The largest absolute Gasteiger partial charge is 0.496 e. The van der Waals surface area contributed by atoms with Crippen LogP contribution in [0, 0.1) is 0 Å². The zero-order valence-electron chi connectivity index (χ0n) is 13.3. The Morgan fingerprint density at radius 1 is 1.32 bits per heavy atom. The summed E-state index contributed by atoms with van der Waals surface area (Å²) in [5.74, 6) is 0.750. The lowest BCUT2D eigenvalue weighted by Gasteiger charge is -2.16. The smallest absolute Gasteiger partial charge is 0.269 e. The fourth-order valence-corrected chi connectivity index (χ4v) is 5.18. The fourth-order valence-electron chi connectivity index (χ4n) is 3.32. The molecular weight excluding hydrogens is 354 g/mol. The summed E-state index contributed by atoms with van der Waals surface area (Å²) in [5.41, 5.74) is 1.86. The number of aromatic nitrogens is 3. The van der Waals surface area contributed by atoms with E-state index in [1.165, 1.54) is 11.3 Å². The Labute approximate surface area is 150 Å². The highest BCUT2D eigenvalue weighted by atomic mass is 32.1. The van der Waals surface area contributed by atoms with E-state index < -0.39 is 0 Å². The van der Waals surface area contributed by atoms with Gasteiger partial charge >= 0.3 is 0 Å². The summed E-state index contributed by atoms with van der Waals surface area (Å²) >= 11 is 3.03. The number of thiophene rings is 1. The van der Waals surface area contributed by atoms with Crippen LogP contribution in [0.2, 0.25) is 0 Å². The summed E-state index contributed by atoms with van der Waals surface area (Å²) in [5, 5.41) is 2.84. The molecule has 0 spiro atoms. The van der Waals surface area contributed by atoms with E-state index >= 15 is 0 Å². The molecule has 1 unspecified atom stereocenters. The normalized spacial score (nSPS) is 16.4. The van der Waals surface area contributed by atoms with Gasteiger partial charge in [0, 0.05) is 17.8 Å². The molecule has 0 radical (unpaired) electrons. The van der Waals surface area contributed by atoms with Gasteiger partial charge in [0.05, 0.1) is 33.9 Å². The monoisotopic (exact) mass is 367 g/mol. The van der Waals surface area contributed by atoms with E-state index in [1.807, 2.05) is 28.4 Å². The Balaban J connectivity index is 1.75. The lowest BCUT2D eigenvalue weighted by Crippen LogP contribution is -2.30. The van der Waals surface area contributed by atoms with Gasteiger partial charge in [-0.3, -0.25) is 4.79 Å². The minimum absolute atomic E-state index is 0.0184. The first kappa shape index (κ1) is 14.8. The van der Waals surface area contributed by atoms with Crippen molar-refractivity contribution in [3.63, 3.8) is 0 Å². The van der Waals surface area contributed by atoms with Gasteiger partial charge in [-0.25, -0.2) is 9.97 Å². The van der Waals surface area contributed by atoms with Crippen LogP contribution in [0.3, 0.4) is 0 Å². The molecular formula is C18H13N3O2S2. The first-order chi connectivity index (χ1) is 12.3. The Bertz CT molecular complexity index is 1300. The SMILES string of the molecule is COc1ccnc2sc3c(=O)n(C4C=c5scnc5=CC4)ccc3c12. The lowest BCUT2D eigenvalue weighted by molar-refractivity contribution is 0.420. The van der Waals surface area contributed by atoms with Gasteiger partial charge in [-0.2, -0.15) is 0 Å². The Kier molecular flexibility index (Phi) is 3.26. The maximum atomic E-state index is 13.1. The average molecular weight is 367 g/mol. The molecule has 0 aliphatic heterocycles. The first-order valence-corrected chi connectivity index (χ1v) is 9.54. The van der Waals surface area contributed by atoms with E-state index in [-0.39, 0.29) is 11.6 Å². The molecule has 5 rings (SSSR count). The predicted molar refractivity (Wildman–Crippen MR) is 102 cm³/mol. The highest BCUT2D eigenvalue weighted by Crippen LogP contribution is 2.36. The van der Waals surface area contributed by atoms with Crippen molar-refractivity contribution in [3.05, 3.63) is 50.3 Å². The summed E-state index contributed by atoms with van der Waals surface area (Å²) < 4.78 is 9.11. The maximum Gasteiger partial charge on any atom is 0.269 e. The van der Waals surface area contributed by atoms with E-state index in [0.29, 0.717) is 0 Å². The third kappa shape index (κ3) is 2.16. The zero-order chi connectivity index (χ0) is 17.0. The number of thiazole rings is 1. The molecule has 0 saturated carbocycles. The standard InChI is InChI=1S/C18H13N3O2S2/c1-23-13-4-6-19-17-15(13)11-5-7-21(18(22)16(11)25-17)10-2-3-12-14(8-10)24-9-20-12/h3-10H,2H2,1H3. The summed E-state index contributed by atoms with van der Waals surface area (Å²) in [6.07, 6.45) is 8.60. The highest BCUT2D eigenvalue weighted by Gasteiger charge is 2.18. The quantitative estimate of drug-likeness (QED) is 0.545. The van der Waals surface area contributed by atoms with Crippen LogP contribution >= 0.6 is 22.7 Å². The van der Waals surface area contributed by atoms with Gasteiger partial charge in [-0.1, -0.05) is 6.08 Å². The van der Waals surface area contributed by atoms with Gasteiger partial charge < -0.3 is 9.30 Å². The number of pyridine rings is 2. The summed E-state index contributed by atoms with van der Waals surface area (Å²) in [6.45, 7) is 0. The zero-order valence-corrected chi connectivity index (χ0v) is 14.9. The second-order valence-electron chi connectivity index (χ2n) is 5.84. The molecule has 4 aromatic heterocycles. The topological polar surface area (TPSA) is 57.0 Å². The summed E-state index contributed by atoms with van der Waals surface area (Å²) in [4.78, 5) is 22.7. The fraction of sp³-hybridized carbons (Fsp3) is 0.167. The molecule has 25 heavy (non-hydrogen) atoms. The van der Waals surface area contributed by atoms with Crippen molar-refractivity contribution in [2.75, 3.05) is 7.11 Å². The van der Waals surface area contributed by atoms with Gasteiger partial charge in [-0.15, -0.1) is 22.7 Å². The molecule has 0 saturated heterocycles. The number of rotatable bonds is 2. The van der Waals surface area contributed by atoms with Crippen LogP contribution in [0.15, 0.2) is 34.8 Å². The molecule has 124 valence electrons. The van der Waals surface area contributed by atoms with Crippen LogP contribution in [0.4, 0.5) is 0 Å². The van der Waals surface area contributed by atoms with Crippen LogP contribution < -0.4 is 20.2 Å². The summed E-state index contributed by atoms with van der Waals surface area (Å²) in [6, 6.07) is 3.84. The molecule has 1 atom stereocenters. The number of methoxy groups -OCH3 is 1. The molecule has 7 heteroatoms. The van der Waals surface area contributed by atoms with Crippen molar-refractivity contribution in [3.8, 4) is 5.75 Å². The molecule has 0 fully saturated rings. The maximum absolute atomic E-state index is 13.1. The van der Waals surface area contributed by atoms with E-state index in [0.717, 1.165) is 42.4 Å². The third-order valence-electron chi connectivity index (χ3n) is 4.52. The minimum atomic E-state index is 0.0184. The van der Waals surface area contributed by atoms with Crippen LogP contribution in [0.25, 0.3) is 32.5 Å². The van der Waals surface area contributed by atoms with Gasteiger partial charge in [-0.05, 0) is 24.6 Å². The average Bonchev–Trinajstić information content (AvgIpc) is 3.25. The molecule has 5 nitrogen and oxygen atoms in total. The Morgan fingerprint density at radius 2 is 2.24 bits per heavy atom. The van der Waals surface area contributed by atoms with Gasteiger partial charge in [0.2, 0.25) is 0 Å². The Morgan fingerprint density at radius 3 is 3.12 bits per heavy atom. The Hall–Kier alpha value is -2.51. The van der Waals surface area contributed by atoms with Crippen molar-refractivity contribution >= 4 is 55.1 Å². The molecule has 4 heterocycles. The molecule has 0 bridgehead atoms. The molecule has 1 aliphatic rings. The van der Waals surface area contributed by atoms with Gasteiger partial charge in [0.15, 0.2) is 0 Å². The van der Waals surface area contributed by atoms with Crippen molar-refractivity contribution in [1.82, 2.24) is 14.5 Å². The van der Waals surface area contributed by atoms with E-state index in [1.54, 1.807) is 24.6 Å². The van der Waals surface area contributed by atoms with E-state index in [9.17, 15) is 4.79 Å². The molecule has 0 N–H and O–H groups in total. The molecule has 0 amide bonds. The first-order valence-electron chi connectivity index (χ1n) is 7.84. The molecule has 0 aromatic carbocycles. The van der Waals surface area contributed by atoms with Crippen molar-refractivity contribution in [2.45, 2.75) is 12.5 Å². The van der Waals surface area contributed by atoms with E-state index in [2.05, 4.69) is 22.1 Å². The minimum Gasteiger partial charge on any atom is -0.496 e. The second-order valence-corrected chi connectivity index (χ2v) is 7.73. The number of nitrogens with zero attached hydrogens (tertiary/aromatic N) is 3. The highest BCUT2D eigenvalue weighted by molar-refractivity contribution is 7.25. The number of hydrogen-bond acceptors (Lipinski definition) is 6. The number of ether oxygens (including phenoxy) is 1. The second kappa shape index (κ2) is 5.50. The van der Waals surface area contributed by atoms with E-state index in [4.69, 9.17) is 4.74 Å². The molecule has 1 aliphatic carbocycles. The van der Waals surface area contributed by atoms with Gasteiger partial charge in [0.1, 0.15) is 15.3 Å². The third-order valence-corrected chi connectivity index (χ3v) is 6.43.